The lowest BCUT2D eigenvalue weighted by molar-refractivity contribution is 0.769. The van der Waals surface area contributed by atoms with Crippen LogP contribution in [0.1, 0.15) is 10.6 Å². The van der Waals surface area contributed by atoms with E-state index in [2.05, 4.69) is 15.4 Å². The highest BCUT2D eigenvalue weighted by Gasteiger charge is 2.02. The van der Waals surface area contributed by atoms with E-state index < -0.39 is 0 Å². The number of aromatic nitrogens is 3. The third-order valence-corrected chi connectivity index (χ3v) is 3.03. The maximum absolute atomic E-state index is 4.20. The molecule has 0 spiro atoms. The lowest BCUT2D eigenvalue weighted by Gasteiger charge is -2.04. The lowest BCUT2D eigenvalue weighted by atomic mass is 10.4. The SMILES string of the molecule is Cc1ncsc1CNc1ccnn1C. The summed E-state index contributed by atoms with van der Waals surface area (Å²) in [6.07, 6.45) is 1.78. The predicted molar refractivity (Wildman–Crippen MR) is 57.4 cm³/mol. The van der Waals surface area contributed by atoms with E-state index in [1.54, 1.807) is 17.5 Å². The van der Waals surface area contributed by atoms with Gasteiger partial charge in [-0.15, -0.1) is 11.3 Å². The summed E-state index contributed by atoms with van der Waals surface area (Å²) in [5.41, 5.74) is 2.97. The topological polar surface area (TPSA) is 42.7 Å². The molecule has 0 fully saturated rings. The molecular weight excluding hydrogens is 196 g/mol. The molecule has 74 valence electrons. The first-order valence-corrected chi connectivity index (χ1v) is 5.26. The van der Waals surface area contributed by atoms with Crippen molar-refractivity contribution in [1.29, 1.82) is 0 Å². The predicted octanol–water partition coefficient (Wildman–Crippen LogP) is 1.80. The van der Waals surface area contributed by atoms with Crippen molar-refractivity contribution in [3.05, 3.63) is 28.3 Å². The molecule has 0 aliphatic heterocycles. The maximum atomic E-state index is 4.20. The Labute approximate surface area is 86.6 Å². The molecule has 14 heavy (non-hydrogen) atoms. The van der Waals surface area contributed by atoms with E-state index in [-0.39, 0.29) is 0 Å². The average molecular weight is 208 g/mol. The summed E-state index contributed by atoms with van der Waals surface area (Å²) < 4.78 is 1.82. The van der Waals surface area contributed by atoms with Crippen LogP contribution in [0, 0.1) is 6.92 Å². The molecule has 2 rings (SSSR count). The monoisotopic (exact) mass is 208 g/mol. The molecule has 2 heterocycles. The van der Waals surface area contributed by atoms with Gasteiger partial charge in [0, 0.05) is 18.0 Å². The van der Waals surface area contributed by atoms with Gasteiger partial charge in [-0.3, -0.25) is 4.68 Å². The van der Waals surface area contributed by atoms with Crippen LogP contribution < -0.4 is 5.32 Å². The minimum absolute atomic E-state index is 0.816. The van der Waals surface area contributed by atoms with Crippen molar-refractivity contribution in [3.8, 4) is 0 Å². The quantitative estimate of drug-likeness (QED) is 0.836. The van der Waals surface area contributed by atoms with Crippen molar-refractivity contribution in [2.45, 2.75) is 13.5 Å². The second-order valence-corrected chi connectivity index (χ2v) is 3.99. The van der Waals surface area contributed by atoms with Gasteiger partial charge in [0.05, 0.1) is 23.9 Å². The standard InChI is InChI=1S/C9H12N4S/c1-7-8(14-6-11-7)5-10-9-3-4-12-13(9)2/h3-4,6,10H,5H2,1-2H3. The zero-order valence-corrected chi connectivity index (χ0v) is 9.01. The lowest BCUT2D eigenvalue weighted by Crippen LogP contribution is -2.04. The van der Waals surface area contributed by atoms with Crippen LogP contribution in [0.2, 0.25) is 0 Å². The van der Waals surface area contributed by atoms with Crippen LogP contribution in [-0.4, -0.2) is 14.8 Å². The van der Waals surface area contributed by atoms with Crippen LogP contribution in [0.3, 0.4) is 0 Å². The van der Waals surface area contributed by atoms with E-state index in [1.807, 2.05) is 30.2 Å². The minimum atomic E-state index is 0.816. The van der Waals surface area contributed by atoms with Crippen LogP contribution in [0.4, 0.5) is 5.82 Å². The Hall–Kier alpha value is -1.36. The number of aryl methyl sites for hydroxylation is 2. The Morgan fingerprint density at radius 2 is 2.43 bits per heavy atom. The molecule has 0 atom stereocenters. The minimum Gasteiger partial charge on any atom is -0.365 e. The Kier molecular flexibility index (Phi) is 2.49. The number of thiazole rings is 1. The molecule has 1 N–H and O–H groups in total. The van der Waals surface area contributed by atoms with Crippen molar-refractivity contribution in [2.75, 3.05) is 5.32 Å². The van der Waals surface area contributed by atoms with E-state index >= 15 is 0 Å². The van der Waals surface area contributed by atoms with Crippen LogP contribution in [0.15, 0.2) is 17.8 Å². The number of hydrogen-bond acceptors (Lipinski definition) is 4. The third kappa shape index (κ3) is 1.77. The Balaban J connectivity index is 2.02. The van der Waals surface area contributed by atoms with Gasteiger partial charge >= 0.3 is 0 Å². The molecule has 2 aromatic heterocycles. The molecule has 0 aliphatic rings. The molecular formula is C9H12N4S. The summed E-state index contributed by atoms with van der Waals surface area (Å²) in [6.45, 7) is 2.84. The molecule has 0 saturated carbocycles. The van der Waals surface area contributed by atoms with Gasteiger partial charge in [0.25, 0.3) is 0 Å². The van der Waals surface area contributed by atoms with Crippen LogP contribution >= 0.6 is 11.3 Å². The normalized spacial score (nSPS) is 10.4. The van der Waals surface area contributed by atoms with E-state index in [0.717, 1.165) is 18.1 Å². The van der Waals surface area contributed by atoms with Crippen molar-refractivity contribution in [2.24, 2.45) is 7.05 Å². The number of nitrogens with one attached hydrogen (secondary N) is 1. The van der Waals surface area contributed by atoms with E-state index in [9.17, 15) is 0 Å². The van der Waals surface area contributed by atoms with Gasteiger partial charge in [0.15, 0.2) is 0 Å². The second kappa shape index (κ2) is 3.79. The highest BCUT2D eigenvalue weighted by molar-refractivity contribution is 7.09. The fourth-order valence-electron chi connectivity index (χ4n) is 1.21. The Morgan fingerprint density at radius 3 is 3.00 bits per heavy atom. The first-order chi connectivity index (χ1) is 6.77. The van der Waals surface area contributed by atoms with Gasteiger partial charge in [0.1, 0.15) is 5.82 Å². The number of anilines is 1. The zero-order chi connectivity index (χ0) is 9.97. The molecule has 0 aromatic carbocycles. The van der Waals surface area contributed by atoms with Gasteiger partial charge in [-0.2, -0.15) is 5.10 Å². The van der Waals surface area contributed by atoms with Crippen LogP contribution in [0.5, 0.6) is 0 Å². The average Bonchev–Trinajstić information content (AvgIpc) is 2.72. The Bertz CT molecular complexity index is 378. The Morgan fingerprint density at radius 1 is 1.57 bits per heavy atom. The molecule has 0 unspecified atom stereocenters. The van der Waals surface area contributed by atoms with Gasteiger partial charge in [-0.25, -0.2) is 4.98 Å². The largest absolute Gasteiger partial charge is 0.365 e. The summed E-state index contributed by atoms with van der Waals surface area (Å²) >= 11 is 1.67. The summed E-state index contributed by atoms with van der Waals surface area (Å²) in [5.74, 6) is 1.03. The smallest absolute Gasteiger partial charge is 0.124 e. The van der Waals surface area contributed by atoms with E-state index in [0.29, 0.717) is 0 Å². The first kappa shape index (κ1) is 9.21. The maximum Gasteiger partial charge on any atom is 0.124 e. The van der Waals surface area contributed by atoms with Gasteiger partial charge in [-0.1, -0.05) is 0 Å². The summed E-state index contributed by atoms with van der Waals surface area (Å²) in [7, 11) is 1.92. The molecule has 5 heteroatoms. The molecule has 0 radical (unpaired) electrons. The highest BCUT2D eigenvalue weighted by Crippen LogP contribution is 2.14. The molecule has 2 aromatic rings. The number of nitrogens with zero attached hydrogens (tertiary/aromatic N) is 3. The third-order valence-electron chi connectivity index (χ3n) is 2.10. The van der Waals surface area contributed by atoms with Crippen molar-refractivity contribution in [3.63, 3.8) is 0 Å². The summed E-state index contributed by atoms with van der Waals surface area (Å²) in [6, 6.07) is 1.95. The molecule has 4 nitrogen and oxygen atoms in total. The molecule has 0 aliphatic carbocycles. The zero-order valence-electron chi connectivity index (χ0n) is 8.19. The molecule has 0 bridgehead atoms. The van der Waals surface area contributed by atoms with Crippen LogP contribution in [-0.2, 0) is 13.6 Å². The fraction of sp³-hybridized carbons (Fsp3) is 0.333. The summed E-state index contributed by atoms with van der Waals surface area (Å²) in [5, 5.41) is 7.39. The van der Waals surface area contributed by atoms with Gasteiger partial charge in [-0.05, 0) is 6.92 Å². The van der Waals surface area contributed by atoms with Crippen molar-refractivity contribution in [1.82, 2.24) is 14.8 Å². The van der Waals surface area contributed by atoms with Gasteiger partial charge in [0.2, 0.25) is 0 Å². The van der Waals surface area contributed by atoms with Gasteiger partial charge < -0.3 is 5.32 Å². The fourth-order valence-corrected chi connectivity index (χ4v) is 1.93. The van der Waals surface area contributed by atoms with Crippen molar-refractivity contribution < 1.29 is 0 Å². The highest BCUT2D eigenvalue weighted by atomic mass is 32.1. The van der Waals surface area contributed by atoms with E-state index in [1.165, 1.54) is 4.88 Å². The second-order valence-electron chi connectivity index (χ2n) is 3.05. The van der Waals surface area contributed by atoms with Crippen LogP contribution in [0.25, 0.3) is 0 Å². The number of hydrogen-bond donors (Lipinski definition) is 1. The molecule has 0 saturated heterocycles. The molecule has 0 amide bonds. The summed E-state index contributed by atoms with van der Waals surface area (Å²) in [4.78, 5) is 5.46. The van der Waals surface area contributed by atoms with Crippen molar-refractivity contribution >= 4 is 17.2 Å². The van der Waals surface area contributed by atoms with E-state index in [4.69, 9.17) is 0 Å². The number of rotatable bonds is 3. The first-order valence-electron chi connectivity index (χ1n) is 4.38.